The highest BCUT2D eigenvalue weighted by Crippen LogP contribution is 2.19. The van der Waals surface area contributed by atoms with Crippen LogP contribution < -0.4 is 16.4 Å². The molecule has 3 N–H and O–H groups in total. The summed E-state index contributed by atoms with van der Waals surface area (Å²) in [6, 6.07) is 16.0. The fourth-order valence-electron chi connectivity index (χ4n) is 2.81. The molecule has 0 aliphatic rings. The summed E-state index contributed by atoms with van der Waals surface area (Å²) in [5, 5.41) is 6.87. The first-order valence-corrected chi connectivity index (χ1v) is 8.24. The van der Waals surface area contributed by atoms with Gasteiger partial charge >= 0.3 is 0 Å². The number of hydrazine groups is 1. The van der Waals surface area contributed by atoms with Crippen molar-refractivity contribution in [1.82, 2.24) is 21.0 Å². The first kappa shape index (κ1) is 17.3. The Labute approximate surface area is 149 Å². The Kier molecular flexibility index (Phi) is 5.07. The number of hydrogen-bond acceptors (Lipinski definition) is 4. The van der Waals surface area contributed by atoms with Gasteiger partial charge in [0.2, 0.25) is 5.91 Å². The van der Waals surface area contributed by atoms with E-state index in [1.165, 1.54) is 0 Å². The second kappa shape index (κ2) is 7.60. The summed E-state index contributed by atoms with van der Waals surface area (Å²) in [5.74, 6) is -1.30. The quantitative estimate of drug-likeness (QED) is 0.625. The number of aromatic amines is 1. The maximum absolute atomic E-state index is 12.4. The summed E-state index contributed by atoms with van der Waals surface area (Å²) in [7, 11) is 0. The van der Waals surface area contributed by atoms with E-state index in [9.17, 15) is 14.4 Å². The Morgan fingerprint density at radius 3 is 2.35 bits per heavy atom. The third kappa shape index (κ3) is 3.46. The van der Waals surface area contributed by atoms with Crippen LogP contribution in [0.3, 0.4) is 0 Å². The van der Waals surface area contributed by atoms with E-state index < -0.39 is 5.91 Å². The topological polar surface area (TPSA) is 104 Å². The molecule has 1 unspecified atom stereocenters. The first-order chi connectivity index (χ1) is 12.6. The fourth-order valence-corrected chi connectivity index (χ4v) is 2.81. The standard InChI is InChI=1S/C19H18N4O3/c1-2-13(12-8-4-3-5-9-12)17(24)22-23-19(26)16-14-10-6-7-11-15(14)18(25)21-20-16/h3-11,13H,2H2,1H3,(H,21,25)(H,22,24)(H,23,26). The van der Waals surface area contributed by atoms with Crippen molar-refractivity contribution in [3.63, 3.8) is 0 Å². The highest BCUT2D eigenvalue weighted by Gasteiger charge is 2.20. The minimum Gasteiger partial charge on any atom is -0.273 e. The second-order valence-electron chi connectivity index (χ2n) is 5.76. The van der Waals surface area contributed by atoms with E-state index in [4.69, 9.17) is 0 Å². The van der Waals surface area contributed by atoms with Crippen molar-refractivity contribution >= 4 is 22.6 Å². The molecule has 0 aliphatic carbocycles. The van der Waals surface area contributed by atoms with Gasteiger partial charge in [0.1, 0.15) is 0 Å². The fraction of sp³-hybridized carbons (Fsp3) is 0.158. The van der Waals surface area contributed by atoms with Gasteiger partial charge in [0.15, 0.2) is 5.69 Å². The molecule has 132 valence electrons. The van der Waals surface area contributed by atoms with Gasteiger partial charge in [-0.2, -0.15) is 5.10 Å². The van der Waals surface area contributed by atoms with Gasteiger partial charge in [-0.1, -0.05) is 55.5 Å². The minimum atomic E-state index is -0.603. The van der Waals surface area contributed by atoms with Gasteiger partial charge in [-0.3, -0.25) is 25.2 Å². The summed E-state index contributed by atoms with van der Waals surface area (Å²) in [4.78, 5) is 36.6. The van der Waals surface area contributed by atoms with Crippen LogP contribution >= 0.6 is 0 Å². The molecule has 1 aromatic heterocycles. The van der Waals surface area contributed by atoms with Crippen LogP contribution in [0, 0.1) is 0 Å². The predicted molar refractivity (Wildman–Crippen MR) is 97.4 cm³/mol. The van der Waals surface area contributed by atoms with E-state index >= 15 is 0 Å². The summed E-state index contributed by atoms with van der Waals surface area (Å²) in [5.41, 5.74) is 5.34. The van der Waals surface area contributed by atoms with Crippen LogP contribution in [0.5, 0.6) is 0 Å². The molecule has 0 aliphatic heterocycles. The number of fused-ring (bicyclic) bond motifs is 1. The lowest BCUT2D eigenvalue weighted by molar-refractivity contribution is -0.123. The van der Waals surface area contributed by atoms with E-state index in [0.717, 1.165) is 5.56 Å². The molecule has 7 heteroatoms. The molecule has 1 atom stereocenters. The predicted octanol–water partition coefficient (Wildman–Crippen LogP) is 1.88. The van der Waals surface area contributed by atoms with Gasteiger partial charge in [-0.25, -0.2) is 5.10 Å². The Bertz CT molecular complexity index is 998. The van der Waals surface area contributed by atoms with Crippen molar-refractivity contribution in [2.75, 3.05) is 0 Å². The van der Waals surface area contributed by atoms with Crippen molar-refractivity contribution in [3.05, 3.63) is 76.2 Å². The number of aromatic nitrogens is 2. The molecular formula is C19H18N4O3. The van der Waals surface area contributed by atoms with Gasteiger partial charge in [0, 0.05) is 5.39 Å². The van der Waals surface area contributed by atoms with Gasteiger partial charge in [0.25, 0.3) is 11.5 Å². The number of nitrogens with zero attached hydrogens (tertiary/aromatic N) is 1. The largest absolute Gasteiger partial charge is 0.290 e. The molecule has 0 radical (unpaired) electrons. The van der Waals surface area contributed by atoms with Crippen LogP contribution in [0.4, 0.5) is 0 Å². The molecule has 3 rings (SSSR count). The Morgan fingerprint density at radius 1 is 1.00 bits per heavy atom. The van der Waals surface area contributed by atoms with Gasteiger partial charge in [-0.15, -0.1) is 0 Å². The number of H-pyrrole nitrogens is 1. The smallest absolute Gasteiger partial charge is 0.273 e. The maximum Gasteiger partial charge on any atom is 0.290 e. The molecule has 2 amide bonds. The molecule has 2 aromatic carbocycles. The number of carbonyl (C=O) groups is 2. The van der Waals surface area contributed by atoms with E-state index in [1.54, 1.807) is 24.3 Å². The molecule has 1 heterocycles. The molecule has 7 nitrogen and oxygen atoms in total. The molecule has 0 saturated heterocycles. The number of carbonyl (C=O) groups excluding carboxylic acids is 2. The van der Waals surface area contributed by atoms with Crippen LogP contribution in [-0.4, -0.2) is 22.0 Å². The average molecular weight is 350 g/mol. The number of nitrogens with one attached hydrogen (secondary N) is 3. The summed E-state index contributed by atoms with van der Waals surface area (Å²) < 4.78 is 0. The van der Waals surface area contributed by atoms with Gasteiger partial charge < -0.3 is 0 Å². The van der Waals surface area contributed by atoms with Crippen molar-refractivity contribution < 1.29 is 9.59 Å². The van der Waals surface area contributed by atoms with Crippen LogP contribution in [0.1, 0.15) is 35.3 Å². The normalized spacial score (nSPS) is 11.7. The van der Waals surface area contributed by atoms with Crippen molar-refractivity contribution in [3.8, 4) is 0 Å². The summed E-state index contributed by atoms with van der Waals surface area (Å²) in [6.45, 7) is 1.90. The summed E-state index contributed by atoms with van der Waals surface area (Å²) in [6.07, 6.45) is 0.589. The second-order valence-corrected chi connectivity index (χ2v) is 5.76. The Balaban J connectivity index is 1.76. The van der Waals surface area contributed by atoms with E-state index in [1.807, 2.05) is 37.3 Å². The lowest BCUT2D eigenvalue weighted by Gasteiger charge is -2.16. The number of hydrogen-bond donors (Lipinski definition) is 3. The zero-order chi connectivity index (χ0) is 18.5. The van der Waals surface area contributed by atoms with Crippen molar-refractivity contribution in [2.45, 2.75) is 19.3 Å². The Morgan fingerprint density at radius 2 is 1.65 bits per heavy atom. The zero-order valence-corrected chi connectivity index (χ0v) is 14.2. The van der Waals surface area contributed by atoms with Crippen molar-refractivity contribution in [2.24, 2.45) is 0 Å². The van der Waals surface area contributed by atoms with Crippen molar-refractivity contribution in [1.29, 1.82) is 0 Å². The molecule has 0 bridgehead atoms. The first-order valence-electron chi connectivity index (χ1n) is 8.24. The average Bonchev–Trinajstić information content (AvgIpc) is 2.68. The van der Waals surface area contributed by atoms with Crippen LogP contribution in [0.2, 0.25) is 0 Å². The number of benzene rings is 2. The van der Waals surface area contributed by atoms with E-state index in [0.29, 0.717) is 17.2 Å². The molecule has 0 fully saturated rings. The highest BCUT2D eigenvalue weighted by molar-refractivity contribution is 6.05. The van der Waals surface area contributed by atoms with Crippen LogP contribution in [0.25, 0.3) is 10.8 Å². The molecule has 0 spiro atoms. The molecule has 0 saturated carbocycles. The maximum atomic E-state index is 12.4. The van der Waals surface area contributed by atoms with Gasteiger partial charge in [-0.05, 0) is 18.1 Å². The summed E-state index contributed by atoms with van der Waals surface area (Å²) >= 11 is 0. The third-order valence-corrected chi connectivity index (χ3v) is 4.14. The highest BCUT2D eigenvalue weighted by atomic mass is 16.2. The lowest BCUT2D eigenvalue weighted by atomic mass is 9.96. The number of amides is 2. The lowest BCUT2D eigenvalue weighted by Crippen LogP contribution is -2.44. The Hall–Kier alpha value is -3.48. The van der Waals surface area contributed by atoms with E-state index in [-0.39, 0.29) is 23.1 Å². The SMILES string of the molecule is CCC(C(=O)NNC(=O)c1n[nH]c(=O)c2ccccc12)c1ccccc1. The van der Waals surface area contributed by atoms with Gasteiger partial charge in [0.05, 0.1) is 11.3 Å². The molecular weight excluding hydrogens is 332 g/mol. The van der Waals surface area contributed by atoms with Crippen LogP contribution in [0.15, 0.2) is 59.4 Å². The minimum absolute atomic E-state index is 0.0354. The third-order valence-electron chi connectivity index (χ3n) is 4.14. The molecule has 3 aromatic rings. The van der Waals surface area contributed by atoms with E-state index in [2.05, 4.69) is 21.0 Å². The van der Waals surface area contributed by atoms with Crippen LogP contribution in [-0.2, 0) is 4.79 Å². The molecule has 26 heavy (non-hydrogen) atoms. The zero-order valence-electron chi connectivity index (χ0n) is 14.2. The number of rotatable bonds is 4. The monoisotopic (exact) mass is 350 g/mol.